The SMILES string of the molecule is CCCNc1cc(C(=O)Nc2nc3c(OC)ccc(N4CCOCC4)c3s2)ccn1. The summed E-state index contributed by atoms with van der Waals surface area (Å²) in [5.74, 6) is 1.15. The molecule has 1 aliphatic rings. The van der Waals surface area contributed by atoms with Crippen LogP contribution in [0, 0.1) is 0 Å². The first-order valence-corrected chi connectivity index (χ1v) is 10.8. The molecule has 8 nitrogen and oxygen atoms in total. The van der Waals surface area contributed by atoms with E-state index in [2.05, 4.69) is 32.4 Å². The minimum absolute atomic E-state index is 0.220. The van der Waals surface area contributed by atoms with E-state index in [0.29, 0.717) is 35.5 Å². The monoisotopic (exact) mass is 427 g/mol. The summed E-state index contributed by atoms with van der Waals surface area (Å²) in [6.45, 7) is 5.94. The lowest BCUT2D eigenvalue weighted by Crippen LogP contribution is -2.36. The fourth-order valence-corrected chi connectivity index (χ4v) is 4.35. The van der Waals surface area contributed by atoms with Crippen molar-refractivity contribution in [1.82, 2.24) is 9.97 Å². The Balaban J connectivity index is 1.60. The molecule has 0 aliphatic carbocycles. The third kappa shape index (κ3) is 4.31. The molecule has 1 aromatic carbocycles. The predicted molar refractivity (Wildman–Crippen MR) is 120 cm³/mol. The van der Waals surface area contributed by atoms with Crippen LogP contribution < -0.4 is 20.3 Å². The smallest absolute Gasteiger partial charge is 0.257 e. The topological polar surface area (TPSA) is 88.6 Å². The van der Waals surface area contributed by atoms with Gasteiger partial charge in [0.1, 0.15) is 17.1 Å². The van der Waals surface area contributed by atoms with E-state index in [-0.39, 0.29) is 5.91 Å². The van der Waals surface area contributed by atoms with Gasteiger partial charge in [-0.05, 0) is 30.7 Å². The van der Waals surface area contributed by atoms with Gasteiger partial charge in [-0.15, -0.1) is 0 Å². The van der Waals surface area contributed by atoms with E-state index in [9.17, 15) is 4.79 Å². The Morgan fingerprint density at radius 3 is 2.90 bits per heavy atom. The fourth-order valence-electron chi connectivity index (χ4n) is 3.33. The number of ether oxygens (including phenoxy) is 2. The Kier molecular flexibility index (Phi) is 6.29. The zero-order valence-electron chi connectivity index (χ0n) is 17.1. The summed E-state index contributed by atoms with van der Waals surface area (Å²) in [7, 11) is 1.63. The van der Waals surface area contributed by atoms with Crippen molar-refractivity contribution in [3.8, 4) is 5.75 Å². The van der Waals surface area contributed by atoms with Crippen molar-refractivity contribution in [2.45, 2.75) is 13.3 Å². The number of morpholine rings is 1. The molecule has 3 heterocycles. The second-order valence-electron chi connectivity index (χ2n) is 6.89. The fraction of sp³-hybridized carbons (Fsp3) is 0.381. The number of carbonyl (C=O) groups excluding carboxylic acids is 1. The van der Waals surface area contributed by atoms with E-state index in [4.69, 9.17) is 9.47 Å². The lowest BCUT2D eigenvalue weighted by atomic mass is 10.2. The number of amides is 1. The number of nitrogens with one attached hydrogen (secondary N) is 2. The van der Waals surface area contributed by atoms with E-state index in [1.807, 2.05) is 12.1 Å². The summed E-state index contributed by atoms with van der Waals surface area (Å²) < 4.78 is 12.0. The van der Waals surface area contributed by atoms with E-state index in [1.165, 1.54) is 11.3 Å². The molecule has 158 valence electrons. The standard InChI is InChI=1S/C21H25N5O3S/c1-3-7-22-17-13-14(6-8-23-17)20(27)25-21-24-18-16(28-2)5-4-15(19(18)30-21)26-9-11-29-12-10-26/h4-6,8,13H,3,7,9-12H2,1-2H3,(H,22,23)(H,24,25,27). The van der Waals surface area contributed by atoms with Gasteiger partial charge in [0.05, 0.1) is 30.7 Å². The number of aromatic nitrogens is 2. The number of rotatable bonds is 7. The summed E-state index contributed by atoms with van der Waals surface area (Å²) in [4.78, 5) is 24.0. The Morgan fingerprint density at radius 1 is 1.30 bits per heavy atom. The molecule has 1 fully saturated rings. The number of hydrogen-bond acceptors (Lipinski definition) is 8. The Labute approximate surface area is 179 Å². The molecule has 0 bridgehead atoms. The van der Waals surface area contributed by atoms with Crippen LogP contribution in [0.25, 0.3) is 10.2 Å². The molecule has 0 radical (unpaired) electrons. The minimum atomic E-state index is -0.220. The van der Waals surface area contributed by atoms with Crippen molar-refractivity contribution in [2.75, 3.05) is 55.5 Å². The molecule has 1 amide bonds. The maximum atomic E-state index is 12.8. The second kappa shape index (κ2) is 9.27. The van der Waals surface area contributed by atoms with Gasteiger partial charge in [0.2, 0.25) is 0 Å². The number of carbonyl (C=O) groups is 1. The van der Waals surface area contributed by atoms with Crippen molar-refractivity contribution in [3.63, 3.8) is 0 Å². The highest BCUT2D eigenvalue weighted by molar-refractivity contribution is 7.23. The molecule has 1 aliphatic heterocycles. The van der Waals surface area contributed by atoms with Crippen molar-refractivity contribution in [3.05, 3.63) is 36.0 Å². The second-order valence-corrected chi connectivity index (χ2v) is 7.89. The Hall–Kier alpha value is -2.91. The number of pyridine rings is 1. The molecular formula is C21H25N5O3S. The van der Waals surface area contributed by atoms with Gasteiger partial charge in [0.25, 0.3) is 5.91 Å². The molecule has 2 aromatic heterocycles. The minimum Gasteiger partial charge on any atom is -0.494 e. The normalized spacial score (nSPS) is 14.0. The van der Waals surface area contributed by atoms with Gasteiger partial charge in [0.15, 0.2) is 5.13 Å². The summed E-state index contributed by atoms with van der Waals surface area (Å²) in [5.41, 5.74) is 2.37. The highest BCUT2D eigenvalue weighted by Crippen LogP contribution is 2.39. The van der Waals surface area contributed by atoms with Crippen LogP contribution in [0.1, 0.15) is 23.7 Å². The average molecular weight is 428 g/mol. The molecule has 4 rings (SSSR count). The Bertz CT molecular complexity index is 1030. The van der Waals surface area contributed by atoms with Crippen molar-refractivity contribution >= 4 is 44.1 Å². The van der Waals surface area contributed by atoms with Crippen LogP contribution in [0.4, 0.5) is 16.6 Å². The average Bonchev–Trinajstić information content (AvgIpc) is 3.21. The highest BCUT2D eigenvalue weighted by Gasteiger charge is 2.20. The van der Waals surface area contributed by atoms with Crippen LogP contribution >= 0.6 is 11.3 Å². The number of fused-ring (bicyclic) bond motifs is 1. The van der Waals surface area contributed by atoms with Gasteiger partial charge in [0, 0.05) is 31.4 Å². The molecule has 0 spiro atoms. The molecule has 0 unspecified atom stereocenters. The van der Waals surface area contributed by atoms with Crippen LogP contribution in [0.2, 0.25) is 0 Å². The lowest BCUT2D eigenvalue weighted by Gasteiger charge is -2.29. The van der Waals surface area contributed by atoms with E-state index in [1.54, 1.807) is 25.4 Å². The van der Waals surface area contributed by atoms with Crippen molar-refractivity contribution in [2.24, 2.45) is 0 Å². The molecule has 30 heavy (non-hydrogen) atoms. The molecule has 1 saturated heterocycles. The largest absolute Gasteiger partial charge is 0.494 e. The quantitative estimate of drug-likeness (QED) is 0.595. The number of methoxy groups -OCH3 is 1. The summed E-state index contributed by atoms with van der Waals surface area (Å²) in [6, 6.07) is 7.41. The number of hydrogen-bond donors (Lipinski definition) is 2. The van der Waals surface area contributed by atoms with Gasteiger partial charge < -0.3 is 19.7 Å². The first-order valence-electron chi connectivity index (χ1n) is 10.0. The third-order valence-corrected chi connectivity index (χ3v) is 5.85. The summed E-state index contributed by atoms with van der Waals surface area (Å²) in [5, 5.41) is 6.66. The first-order chi connectivity index (χ1) is 14.7. The number of nitrogens with zero attached hydrogens (tertiary/aromatic N) is 3. The third-order valence-electron chi connectivity index (χ3n) is 4.86. The van der Waals surface area contributed by atoms with Crippen molar-refractivity contribution in [1.29, 1.82) is 0 Å². The summed E-state index contributed by atoms with van der Waals surface area (Å²) >= 11 is 1.45. The van der Waals surface area contributed by atoms with Gasteiger partial charge >= 0.3 is 0 Å². The lowest BCUT2D eigenvalue weighted by molar-refractivity contribution is 0.102. The maximum absolute atomic E-state index is 12.8. The van der Waals surface area contributed by atoms with Crippen molar-refractivity contribution < 1.29 is 14.3 Å². The van der Waals surface area contributed by atoms with E-state index >= 15 is 0 Å². The van der Waals surface area contributed by atoms with Gasteiger partial charge in [-0.25, -0.2) is 9.97 Å². The van der Waals surface area contributed by atoms with Crippen LogP contribution in [0.3, 0.4) is 0 Å². The van der Waals surface area contributed by atoms with Gasteiger partial charge in [-0.3, -0.25) is 10.1 Å². The molecular weight excluding hydrogens is 402 g/mol. The van der Waals surface area contributed by atoms with Crippen LogP contribution in [0.5, 0.6) is 5.75 Å². The van der Waals surface area contributed by atoms with Crippen LogP contribution in [-0.2, 0) is 4.74 Å². The van der Waals surface area contributed by atoms with Crippen LogP contribution in [-0.4, -0.2) is 55.8 Å². The Morgan fingerprint density at radius 2 is 2.13 bits per heavy atom. The van der Waals surface area contributed by atoms with E-state index < -0.39 is 0 Å². The first kappa shape index (κ1) is 20.4. The van der Waals surface area contributed by atoms with E-state index in [0.717, 1.165) is 42.0 Å². The highest BCUT2D eigenvalue weighted by atomic mass is 32.1. The zero-order chi connectivity index (χ0) is 20.9. The molecule has 9 heteroatoms. The van der Waals surface area contributed by atoms with Gasteiger partial charge in [-0.1, -0.05) is 18.3 Å². The molecule has 2 N–H and O–H groups in total. The number of thiazole rings is 1. The zero-order valence-corrected chi connectivity index (χ0v) is 17.9. The molecule has 3 aromatic rings. The number of anilines is 3. The van der Waals surface area contributed by atoms with Gasteiger partial charge in [-0.2, -0.15) is 0 Å². The number of benzene rings is 1. The molecule has 0 atom stereocenters. The van der Waals surface area contributed by atoms with Crippen LogP contribution in [0.15, 0.2) is 30.5 Å². The predicted octanol–water partition coefficient (Wildman–Crippen LogP) is 3.61. The summed E-state index contributed by atoms with van der Waals surface area (Å²) in [6.07, 6.45) is 2.61. The molecule has 0 saturated carbocycles. The maximum Gasteiger partial charge on any atom is 0.257 e.